The number of carbonyl (C=O) groups excluding carboxylic acids is 4. The van der Waals surface area contributed by atoms with E-state index in [9.17, 15) is 19.2 Å². The van der Waals surface area contributed by atoms with E-state index in [1.165, 1.54) is 11.1 Å². The fourth-order valence-corrected chi connectivity index (χ4v) is 9.23. The van der Waals surface area contributed by atoms with Gasteiger partial charge in [0.2, 0.25) is 11.8 Å². The number of ether oxygens (including phenoxy) is 2. The van der Waals surface area contributed by atoms with E-state index in [1.807, 2.05) is 76.7 Å². The quantitative estimate of drug-likeness (QED) is 0.114. The molecule has 0 spiro atoms. The molecule has 9 nitrogen and oxygen atoms in total. The molecule has 1 heterocycles. The first kappa shape index (κ1) is 46.2. The highest BCUT2D eigenvalue weighted by Gasteiger charge is 2.43. The van der Waals surface area contributed by atoms with Gasteiger partial charge in [0, 0.05) is 52.5 Å². The molecule has 1 fully saturated rings. The molecule has 1 aliphatic carbocycles. The van der Waals surface area contributed by atoms with Crippen molar-refractivity contribution in [1.82, 2.24) is 14.7 Å². The highest BCUT2D eigenvalue weighted by molar-refractivity contribution is 5.90. The van der Waals surface area contributed by atoms with Gasteiger partial charge in [0.1, 0.15) is 5.78 Å². The molecule has 0 radical (unpaired) electrons. The molecule has 1 aromatic rings. The van der Waals surface area contributed by atoms with Crippen LogP contribution in [0.4, 0.5) is 0 Å². The lowest BCUT2D eigenvalue weighted by molar-refractivity contribution is -0.149. The van der Waals surface area contributed by atoms with Gasteiger partial charge in [-0.05, 0) is 69.0 Å². The molecule has 308 valence electrons. The monoisotopic (exact) mass is 764 g/mol. The van der Waals surface area contributed by atoms with Crippen molar-refractivity contribution < 1.29 is 28.7 Å². The zero-order valence-corrected chi connectivity index (χ0v) is 36.1. The van der Waals surface area contributed by atoms with Crippen molar-refractivity contribution in [3.8, 4) is 0 Å². The number of rotatable bonds is 23. The van der Waals surface area contributed by atoms with E-state index >= 15 is 0 Å². The van der Waals surface area contributed by atoms with E-state index in [0.717, 1.165) is 32.1 Å². The Kier molecular flexibility index (Phi) is 18.5. The summed E-state index contributed by atoms with van der Waals surface area (Å²) in [5, 5.41) is 0. The largest absolute Gasteiger partial charge is 0.379 e. The number of hydrogen-bond donors (Lipinski definition) is 0. The molecule has 0 saturated carbocycles. The normalized spacial score (nSPS) is 20.2. The minimum Gasteiger partial charge on any atom is -0.379 e. The minimum atomic E-state index is -0.557. The fourth-order valence-electron chi connectivity index (χ4n) is 9.23. The Hall–Kier alpha value is -3.14. The van der Waals surface area contributed by atoms with Gasteiger partial charge in [-0.3, -0.25) is 24.1 Å². The Morgan fingerprint density at radius 1 is 0.873 bits per heavy atom. The lowest BCUT2D eigenvalue weighted by Crippen LogP contribution is -2.54. The fraction of sp³-hybridized carbons (Fsp3) is 0.696. The summed E-state index contributed by atoms with van der Waals surface area (Å²) in [6.45, 7) is 14.8. The van der Waals surface area contributed by atoms with Gasteiger partial charge in [0.05, 0.1) is 36.8 Å². The number of methoxy groups -OCH3 is 2. The molecular weight excluding hydrogens is 691 g/mol. The minimum absolute atomic E-state index is 0.0353. The summed E-state index contributed by atoms with van der Waals surface area (Å²) in [5.74, 6) is -0.611. The van der Waals surface area contributed by atoms with Crippen molar-refractivity contribution in [3.05, 3.63) is 59.7 Å². The number of nitrogens with zero attached hydrogens (tertiary/aromatic N) is 3. The third-order valence-corrected chi connectivity index (χ3v) is 12.5. The maximum Gasteiger partial charge on any atom is 0.226 e. The predicted molar refractivity (Wildman–Crippen MR) is 221 cm³/mol. The molecule has 9 atom stereocenters. The molecule has 2 amide bonds. The maximum absolute atomic E-state index is 14.3. The number of allylic oxidation sites excluding steroid dienone is 4. The van der Waals surface area contributed by atoms with E-state index in [2.05, 4.69) is 44.2 Å². The van der Waals surface area contributed by atoms with Crippen molar-refractivity contribution in [2.45, 2.75) is 130 Å². The summed E-state index contributed by atoms with van der Waals surface area (Å²) < 4.78 is 12.2. The third kappa shape index (κ3) is 12.2. The van der Waals surface area contributed by atoms with Gasteiger partial charge in [-0.15, -0.1) is 0 Å². The molecule has 0 aromatic heterocycles. The van der Waals surface area contributed by atoms with E-state index in [0.29, 0.717) is 13.0 Å². The average molecular weight is 764 g/mol. The van der Waals surface area contributed by atoms with Gasteiger partial charge in [-0.1, -0.05) is 109 Å². The van der Waals surface area contributed by atoms with Gasteiger partial charge >= 0.3 is 0 Å². The zero-order valence-electron chi connectivity index (χ0n) is 36.1. The first-order valence-electron chi connectivity index (χ1n) is 20.8. The molecule has 2 aliphatic rings. The summed E-state index contributed by atoms with van der Waals surface area (Å²) in [4.78, 5) is 61.9. The standard InChI is InChI=1S/C46H73N3O6/c1-13-32(6)44(48(10)46(53)37(30(2)3)28-40(51)43(31(4)5)47(8)9)41(54-11)29-42(52)49-25-19-24-38(49)45(55-12)33(7)39(50)27-36(35-22-17-18-23-35)26-34-20-15-14-16-21-34/h14-18,20-22,30-33,36-38,41,43-45H,13,19,23-29H2,1-12H3/t32-,33-,36+,37-,38+,41+,43-,44-,45+/m0/s1. The molecule has 9 heteroatoms. The van der Waals surface area contributed by atoms with Gasteiger partial charge in [0.25, 0.3) is 0 Å². The molecule has 0 bridgehead atoms. The molecule has 1 aromatic carbocycles. The van der Waals surface area contributed by atoms with Crippen LogP contribution in [0.1, 0.15) is 99.0 Å². The van der Waals surface area contributed by atoms with Crippen LogP contribution in [0.3, 0.4) is 0 Å². The Morgan fingerprint density at radius 3 is 2.07 bits per heavy atom. The van der Waals surface area contributed by atoms with E-state index in [-0.39, 0.29) is 78.0 Å². The van der Waals surface area contributed by atoms with Crippen LogP contribution in [0.2, 0.25) is 0 Å². The molecule has 0 unspecified atom stereocenters. The molecule has 3 rings (SSSR count). The lowest BCUT2D eigenvalue weighted by atomic mass is 9.82. The Balaban J connectivity index is 1.78. The number of amides is 2. The second-order valence-corrected chi connectivity index (χ2v) is 17.2. The zero-order chi connectivity index (χ0) is 41.0. The summed E-state index contributed by atoms with van der Waals surface area (Å²) in [5.41, 5.74) is 2.49. The van der Waals surface area contributed by atoms with Crippen LogP contribution < -0.4 is 0 Å². The van der Waals surface area contributed by atoms with E-state index < -0.39 is 24.0 Å². The highest BCUT2D eigenvalue weighted by Crippen LogP contribution is 2.33. The van der Waals surface area contributed by atoms with Crippen LogP contribution in [-0.4, -0.2) is 110 Å². The van der Waals surface area contributed by atoms with Crippen LogP contribution >= 0.6 is 0 Å². The predicted octanol–water partition coefficient (Wildman–Crippen LogP) is 7.43. The first-order chi connectivity index (χ1) is 26.1. The van der Waals surface area contributed by atoms with E-state index in [1.54, 1.807) is 26.2 Å². The number of Topliss-reactive ketones (excluding diaryl/α,β-unsaturated/α-hetero) is 2. The van der Waals surface area contributed by atoms with Crippen LogP contribution in [0.5, 0.6) is 0 Å². The lowest BCUT2D eigenvalue weighted by Gasteiger charge is -2.41. The van der Waals surface area contributed by atoms with Crippen molar-refractivity contribution in [1.29, 1.82) is 0 Å². The van der Waals surface area contributed by atoms with Gasteiger partial charge in [0.15, 0.2) is 5.78 Å². The number of benzene rings is 1. The molecule has 1 aliphatic heterocycles. The second-order valence-electron chi connectivity index (χ2n) is 17.2. The number of ketones is 2. The average Bonchev–Trinajstić information content (AvgIpc) is 3.87. The summed E-state index contributed by atoms with van der Waals surface area (Å²) >= 11 is 0. The second kappa shape index (κ2) is 22.0. The van der Waals surface area contributed by atoms with Crippen LogP contribution in [0.15, 0.2) is 54.1 Å². The van der Waals surface area contributed by atoms with Crippen LogP contribution in [0, 0.1) is 35.5 Å². The first-order valence-corrected chi connectivity index (χ1v) is 20.8. The Morgan fingerprint density at radius 2 is 1.55 bits per heavy atom. The number of hydrogen-bond acceptors (Lipinski definition) is 7. The number of likely N-dealkylation sites (tertiary alicyclic amines) is 1. The molecule has 0 N–H and O–H groups in total. The van der Waals surface area contributed by atoms with Crippen LogP contribution in [0.25, 0.3) is 0 Å². The van der Waals surface area contributed by atoms with E-state index in [4.69, 9.17) is 9.47 Å². The smallest absolute Gasteiger partial charge is 0.226 e. The summed E-state index contributed by atoms with van der Waals surface area (Å²) in [6.07, 6.45) is 10.1. The summed E-state index contributed by atoms with van der Waals surface area (Å²) in [6, 6.07) is 9.45. The summed E-state index contributed by atoms with van der Waals surface area (Å²) in [7, 11) is 8.88. The van der Waals surface area contributed by atoms with Gasteiger partial charge < -0.3 is 19.3 Å². The maximum atomic E-state index is 14.3. The number of likely N-dealkylation sites (N-methyl/N-ethyl adjacent to an activating group) is 2. The molecule has 55 heavy (non-hydrogen) atoms. The number of carbonyl (C=O) groups is 4. The van der Waals surface area contributed by atoms with Crippen molar-refractivity contribution >= 4 is 23.4 Å². The van der Waals surface area contributed by atoms with Crippen molar-refractivity contribution in [2.24, 2.45) is 35.5 Å². The Labute approximate surface area is 333 Å². The topological polar surface area (TPSA) is 96.5 Å². The molecular formula is C46H73N3O6. The van der Waals surface area contributed by atoms with Crippen molar-refractivity contribution in [2.75, 3.05) is 41.9 Å². The SMILES string of the molecule is CC[C@H](C)[C@@H]([C@@H](CC(=O)N1CCC[C@@H]1[C@H](OC)[C@@H](C)C(=O)C[C@@H](Cc1ccccc1)C1=CC=CC1)OC)N(C)C(=O)[C@@H](CC(=O)[C@H](C(C)C)N(C)C)C(C)C. The highest BCUT2D eigenvalue weighted by atomic mass is 16.5. The van der Waals surface area contributed by atoms with Gasteiger partial charge in [-0.2, -0.15) is 0 Å². The van der Waals surface area contributed by atoms with Crippen LogP contribution in [-0.2, 0) is 35.1 Å². The Bertz CT molecular complexity index is 1450. The third-order valence-electron chi connectivity index (χ3n) is 12.5. The van der Waals surface area contributed by atoms with Crippen molar-refractivity contribution in [3.63, 3.8) is 0 Å². The molecule has 1 saturated heterocycles. The van der Waals surface area contributed by atoms with Gasteiger partial charge in [-0.25, -0.2) is 0 Å².